The average Bonchev–Trinajstić information content (AvgIpc) is 2.05. The molecule has 0 spiro atoms. The Balaban J connectivity index is 2.81. The first-order valence-electron chi connectivity index (χ1n) is 3.52. The van der Waals surface area contributed by atoms with E-state index in [1.807, 2.05) is 6.07 Å². The molecule has 0 aliphatic heterocycles. The SMILES string of the molecule is C=C(COC)c1ccnc(Cl)c1. The van der Waals surface area contributed by atoms with Gasteiger partial charge in [0.15, 0.2) is 0 Å². The first-order valence-corrected chi connectivity index (χ1v) is 3.90. The molecule has 1 aromatic heterocycles. The van der Waals surface area contributed by atoms with Gasteiger partial charge in [-0.15, -0.1) is 0 Å². The molecular weight excluding hydrogens is 174 g/mol. The number of methoxy groups -OCH3 is 1. The summed E-state index contributed by atoms with van der Waals surface area (Å²) < 4.78 is 4.93. The van der Waals surface area contributed by atoms with Gasteiger partial charge in [0, 0.05) is 13.3 Å². The van der Waals surface area contributed by atoms with Crippen LogP contribution in [0.1, 0.15) is 5.56 Å². The van der Waals surface area contributed by atoms with Gasteiger partial charge in [0.25, 0.3) is 0 Å². The van der Waals surface area contributed by atoms with Crippen LogP contribution in [-0.4, -0.2) is 18.7 Å². The molecule has 3 heteroatoms. The Hall–Kier alpha value is -0.860. The fraction of sp³-hybridized carbons (Fsp3) is 0.222. The third kappa shape index (κ3) is 2.32. The maximum absolute atomic E-state index is 5.70. The second kappa shape index (κ2) is 4.24. The summed E-state index contributed by atoms with van der Waals surface area (Å²) in [6, 6.07) is 3.62. The van der Waals surface area contributed by atoms with E-state index in [2.05, 4.69) is 11.6 Å². The van der Waals surface area contributed by atoms with Gasteiger partial charge in [-0.3, -0.25) is 0 Å². The smallest absolute Gasteiger partial charge is 0.129 e. The molecule has 0 saturated carbocycles. The van der Waals surface area contributed by atoms with Gasteiger partial charge in [0.1, 0.15) is 5.15 Å². The summed E-state index contributed by atoms with van der Waals surface area (Å²) in [5.74, 6) is 0. The van der Waals surface area contributed by atoms with E-state index in [1.165, 1.54) is 0 Å². The molecule has 2 nitrogen and oxygen atoms in total. The van der Waals surface area contributed by atoms with Crippen molar-refractivity contribution in [2.75, 3.05) is 13.7 Å². The highest BCUT2D eigenvalue weighted by atomic mass is 35.5. The lowest BCUT2D eigenvalue weighted by Crippen LogP contribution is -1.92. The topological polar surface area (TPSA) is 22.1 Å². The van der Waals surface area contributed by atoms with Crippen LogP contribution < -0.4 is 0 Å². The Morgan fingerprint density at radius 3 is 3.08 bits per heavy atom. The second-order valence-electron chi connectivity index (χ2n) is 2.40. The zero-order chi connectivity index (χ0) is 8.97. The molecule has 0 aliphatic carbocycles. The number of aromatic nitrogens is 1. The van der Waals surface area contributed by atoms with Gasteiger partial charge in [-0.2, -0.15) is 0 Å². The minimum absolute atomic E-state index is 0.477. The van der Waals surface area contributed by atoms with E-state index in [9.17, 15) is 0 Å². The molecule has 64 valence electrons. The summed E-state index contributed by atoms with van der Waals surface area (Å²) in [6.07, 6.45) is 1.65. The zero-order valence-electron chi connectivity index (χ0n) is 6.88. The number of hydrogen-bond donors (Lipinski definition) is 0. The number of ether oxygens (including phenoxy) is 1. The van der Waals surface area contributed by atoms with Gasteiger partial charge >= 0.3 is 0 Å². The van der Waals surface area contributed by atoms with Crippen molar-refractivity contribution >= 4 is 17.2 Å². The van der Waals surface area contributed by atoms with Gasteiger partial charge in [0.05, 0.1) is 6.61 Å². The lowest BCUT2D eigenvalue weighted by molar-refractivity contribution is 0.240. The van der Waals surface area contributed by atoms with E-state index < -0.39 is 0 Å². The van der Waals surface area contributed by atoms with Crippen molar-refractivity contribution in [3.8, 4) is 0 Å². The summed E-state index contributed by atoms with van der Waals surface area (Å²) in [6.45, 7) is 4.36. The fourth-order valence-electron chi connectivity index (χ4n) is 0.880. The van der Waals surface area contributed by atoms with E-state index in [0.717, 1.165) is 11.1 Å². The maximum atomic E-state index is 5.70. The molecule has 0 aromatic carbocycles. The molecule has 0 bridgehead atoms. The predicted molar refractivity (Wildman–Crippen MR) is 50.2 cm³/mol. The Morgan fingerprint density at radius 1 is 1.75 bits per heavy atom. The number of halogens is 1. The maximum Gasteiger partial charge on any atom is 0.129 e. The van der Waals surface area contributed by atoms with E-state index in [4.69, 9.17) is 16.3 Å². The number of hydrogen-bond acceptors (Lipinski definition) is 2. The van der Waals surface area contributed by atoms with Crippen LogP contribution in [0.4, 0.5) is 0 Å². The molecule has 1 heterocycles. The van der Waals surface area contributed by atoms with E-state index in [0.29, 0.717) is 11.8 Å². The summed E-state index contributed by atoms with van der Waals surface area (Å²) in [7, 11) is 1.63. The van der Waals surface area contributed by atoms with E-state index in [1.54, 1.807) is 19.4 Å². The molecular formula is C9H10ClNO. The highest BCUT2D eigenvalue weighted by molar-refractivity contribution is 6.29. The van der Waals surface area contributed by atoms with Crippen LogP contribution in [0, 0.1) is 0 Å². The molecule has 0 unspecified atom stereocenters. The highest BCUT2D eigenvalue weighted by Gasteiger charge is 1.98. The predicted octanol–water partition coefficient (Wildman–Crippen LogP) is 2.39. The third-order valence-electron chi connectivity index (χ3n) is 1.45. The quantitative estimate of drug-likeness (QED) is 0.672. The summed E-state index contributed by atoms with van der Waals surface area (Å²) in [5.41, 5.74) is 1.87. The van der Waals surface area contributed by atoms with Crippen LogP contribution in [0.5, 0.6) is 0 Å². The van der Waals surface area contributed by atoms with E-state index >= 15 is 0 Å². The first-order chi connectivity index (χ1) is 5.74. The molecule has 0 N–H and O–H groups in total. The zero-order valence-corrected chi connectivity index (χ0v) is 7.64. The highest BCUT2D eigenvalue weighted by Crippen LogP contribution is 2.14. The van der Waals surface area contributed by atoms with Crippen molar-refractivity contribution in [3.05, 3.63) is 35.6 Å². The fourth-order valence-corrected chi connectivity index (χ4v) is 1.05. The van der Waals surface area contributed by atoms with Crippen molar-refractivity contribution in [1.29, 1.82) is 0 Å². The molecule has 1 aromatic rings. The summed E-state index contributed by atoms with van der Waals surface area (Å²) in [5, 5.41) is 0.477. The van der Waals surface area contributed by atoms with Crippen molar-refractivity contribution in [2.24, 2.45) is 0 Å². The van der Waals surface area contributed by atoms with Gasteiger partial charge in [0.2, 0.25) is 0 Å². The molecule has 0 fully saturated rings. The van der Waals surface area contributed by atoms with Crippen LogP contribution in [0.15, 0.2) is 24.9 Å². The molecule has 0 radical (unpaired) electrons. The van der Waals surface area contributed by atoms with Crippen LogP contribution in [0.3, 0.4) is 0 Å². The largest absolute Gasteiger partial charge is 0.380 e. The number of nitrogens with zero attached hydrogens (tertiary/aromatic N) is 1. The second-order valence-corrected chi connectivity index (χ2v) is 2.79. The number of pyridine rings is 1. The van der Waals surface area contributed by atoms with Gasteiger partial charge in [-0.1, -0.05) is 18.2 Å². The first kappa shape index (κ1) is 9.23. The Morgan fingerprint density at radius 2 is 2.50 bits per heavy atom. The molecule has 0 amide bonds. The Kier molecular flexibility index (Phi) is 3.26. The van der Waals surface area contributed by atoms with Crippen molar-refractivity contribution in [2.45, 2.75) is 0 Å². The normalized spacial score (nSPS) is 9.83. The summed E-state index contributed by atoms with van der Waals surface area (Å²) >= 11 is 5.70. The van der Waals surface area contributed by atoms with Gasteiger partial charge in [-0.05, 0) is 23.3 Å². The van der Waals surface area contributed by atoms with Crippen LogP contribution in [-0.2, 0) is 4.74 Å². The average molecular weight is 184 g/mol. The molecule has 1 rings (SSSR count). The molecule has 0 atom stereocenters. The monoisotopic (exact) mass is 183 g/mol. The Labute approximate surface area is 76.8 Å². The minimum Gasteiger partial charge on any atom is -0.380 e. The summed E-state index contributed by atoms with van der Waals surface area (Å²) in [4.78, 5) is 3.87. The molecule has 0 saturated heterocycles. The molecule has 0 aliphatic rings. The van der Waals surface area contributed by atoms with Crippen LogP contribution in [0.2, 0.25) is 5.15 Å². The van der Waals surface area contributed by atoms with E-state index in [-0.39, 0.29) is 0 Å². The van der Waals surface area contributed by atoms with Crippen LogP contribution >= 0.6 is 11.6 Å². The minimum atomic E-state index is 0.477. The molecule has 12 heavy (non-hydrogen) atoms. The van der Waals surface area contributed by atoms with Gasteiger partial charge in [-0.25, -0.2) is 4.98 Å². The lowest BCUT2D eigenvalue weighted by Gasteiger charge is -2.03. The van der Waals surface area contributed by atoms with Crippen LogP contribution in [0.25, 0.3) is 5.57 Å². The van der Waals surface area contributed by atoms with Crippen molar-refractivity contribution in [1.82, 2.24) is 4.98 Å². The third-order valence-corrected chi connectivity index (χ3v) is 1.66. The van der Waals surface area contributed by atoms with Crippen molar-refractivity contribution < 1.29 is 4.74 Å². The van der Waals surface area contributed by atoms with Crippen molar-refractivity contribution in [3.63, 3.8) is 0 Å². The number of rotatable bonds is 3. The lowest BCUT2D eigenvalue weighted by atomic mass is 10.1. The van der Waals surface area contributed by atoms with Gasteiger partial charge < -0.3 is 4.74 Å². The standard InChI is InChI=1S/C9H10ClNO/c1-7(6-12-2)8-3-4-11-9(10)5-8/h3-5H,1,6H2,2H3. The Bertz CT molecular complexity index is 286.